The minimum atomic E-state index is 0. The lowest BCUT2D eigenvalue weighted by atomic mass is 10.1. The number of halogens is 2. The lowest BCUT2D eigenvalue weighted by Crippen LogP contribution is -2.42. The molecule has 6 nitrogen and oxygen atoms in total. The van der Waals surface area contributed by atoms with Gasteiger partial charge in [0.1, 0.15) is 0 Å². The molecule has 0 atom stereocenters. The molecule has 8 heteroatoms. The predicted molar refractivity (Wildman–Crippen MR) is 114 cm³/mol. The summed E-state index contributed by atoms with van der Waals surface area (Å²) in [5, 5.41) is 6.73. The molecule has 1 fully saturated rings. The Hall–Kier alpha value is -0.740. The van der Waals surface area contributed by atoms with Crippen molar-refractivity contribution in [1.82, 2.24) is 15.5 Å². The normalized spacial score (nSPS) is 17.1. The third kappa shape index (κ3) is 5.89. The van der Waals surface area contributed by atoms with Crippen molar-refractivity contribution in [2.24, 2.45) is 4.99 Å². The summed E-state index contributed by atoms with van der Waals surface area (Å²) in [5.74, 6) is 2.39. The first-order valence-electron chi connectivity index (χ1n) is 8.51. The van der Waals surface area contributed by atoms with Crippen molar-refractivity contribution < 1.29 is 9.47 Å². The summed E-state index contributed by atoms with van der Waals surface area (Å²) in [5.41, 5.74) is 1.12. The Morgan fingerprint density at radius 1 is 1.20 bits per heavy atom. The number of ether oxygens (including phenoxy) is 2. The van der Waals surface area contributed by atoms with Crippen molar-refractivity contribution in [1.29, 1.82) is 0 Å². The summed E-state index contributed by atoms with van der Waals surface area (Å²) in [4.78, 5) is 6.80. The van der Waals surface area contributed by atoms with Crippen LogP contribution in [0.3, 0.4) is 0 Å². The molecule has 2 heterocycles. The second kappa shape index (κ2) is 10.4. The van der Waals surface area contributed by atoms with Gasteiger partial charge in [0, 0.05) is 26.7 Å². The number of hydrogen-bond acceptors (Lipinski definition) is 4. The van der Waals surface area contributed by atoms with E-state index in [0.717, 1.165) is 40.6 Å². The van der Waals surface area contributed by atoms with Gasteiger partial charge in [-0.15, -0.1) is 24.0 Å². The fraction of sp³-hybridized carbons (Fsp3) is 0.588. The zero-order valence-electron chi connectivity index (χ0n) is 14.5. The SMILES string of the molecule is CN=C(NCCN1CCCCC1)NCc1cc(Br)c2c(c1)OCO2.I. The van der Waals surface area contributed by atoms with Gasteiger partial charge in [-0.3, -0.25) is 4.99 Å². The van der Waals surface area contributed by atoms with Crippen LogP contribution in [0.1, 0.15) is 24.8 Å². The van der Waals surface area contributed by atoms with Gasteiger partial charge in [-0.05, 0) is 59.6 Å². The molecule has 2 N–H and O–H groups in total. The van der Waals surface area contributed by atoms with Gasteiger partial charge < -0.3 is 25.0 Å². The number of rotatable bonds is 5. The van der Waals surface area contributed by atoms with Crippen LogP contribution < -0.4 is 20.1 Å². The third-order valence-corrected chi connectivity index (χ3v) is 4.93. The van der Waals surface area contributed by atoms with Gasteiger partial charge in [0.25, 0.3) is 0 Å². The summed E-state index contributed by atoms with van der Waals surface area (Å²) in [6.45, 7) is 5.38. The molecule has 25 heavy (non-hydrogen) atoms. The molecule has 0 radical (unpaired) electrons. The molecule has 0 bridgehead atoms. The van der Waals surface area contributed by atoms with Crippen LogP contribution in [0.25, 0.3) is 0 Å². The Bertz CT molecular complexity index is 594. The zero-order chi connectivity index (χ0) is 16.8. The highest BCUT2D eigenvalue weighted by atomic mass is 127. The third-order valence-electron chi connectivity index (χ3n) is 4.34. The maximum atomic E-state index is 5.45. The number of benzene rings is 1. The molecule has 3 rings (SSSR count). The molecule has 0 amide bonds. The number of aliphatic imine (C=N–C) groups is 1. The van der Waals surface area contributed by atoms with E-state index in [1.165, 1.54) is 32.4 Å². The van der Waals surface area contributed by atoms with E-state index < -0.39 is 0 Å². The number of piperidine rings is 1. The first-order chi connectivity index (χ1) is 11.8. The largest absolute Gasteiger partial charge is 0.454 e. The molecular weight excluding hydrogens is 499 g/mol. The number of hydrogen-bond donors (Lipinski definition) is 2. The van der Waals surface area contributed by atoms with Crippen LogP contribution in [0.5, 0.6) is 11.5 Å². The lowest BCUT2D eigenvalue weighted by molar-refractivity contribution is 0.173. The van der Waals surface area contributed by atoms with Gasteiger partial charge in [-0.25, -0.2) is 0 Å². The summed E-state index contributed by atoms with van der Waals surface area (Å²) < 4.78 is 11.8. The minimum absolute atomic E-state index is 0. The van der Waals surface area contributed by atoms with Gasteiger partial charge in [0.15, 0.2) is 17.5 Å². The van der Waals surface area contributed by atoms with E-state index in [1.54, 1.807) is 7.05 Å². The monoisotopic (exact) mass is 524 g/mol. The van der Waals surface area contributed by atoms with Crippen LogP contribution in [0.2, 0.25) is 0 Å². The molecule has 2 aliphatic rings. The Balaban J connectivity index is 0.00000225. The number of nitrogens with one attached hydrogen (secondary N) is 2. The molecular formula is C17H26BrIN4O2. The van der Waals surface area contributed by atoms with Gasteiger partial charge in [-0.2, -0.15) is 0 Å². The molecule has 0 aromatic heterocycles. The van der Waals surface area contributed by atoms with Crippen LogP contribution in [-0.4, -0.2) is 50.9 Å². The quantitative estimate of drug-likeness (QED) is 0.352. The average Bonchev–Trinajstić information content (AvgIpc) is 3.08. The van der Waals surface area contributed by atoms with E-state index in [-0.39, 0.29) is 30.8 Å². The smallest absolute Gasteiger partial charge is 0.231 e. The van der Waals surface area contributed by atoms with E-state index in [1.807, 2.05) is 12.1 Å². The molecule has 2 aliphatic heterocycles. The fourth-order valence-electron chi connectivity index (χ4n) is 3.04. The van der Waals surface area contributed by atoms with Crippen molar-refractivity contribution in [3.05, 3.63) is 22.2 Å². The van der Waals surface area contributed by atoms with E-state index in [4.69, 9.17) is 9.47 Å². The van der Waals surface area contributed by atoms with Gasteiger partial charge in [0.05, 0.1) is 4.47 Å². The molecule has 0 unspecified atom stereocenters. The first kappa shape index (κ1) is 20.6. The number of likely N-dealkylation sites (tertiary alicyclic amines) is 1. The number of fused-ring (bicyclic) bond motifs is 1. The van der Waals surface area contributed by atoms with E-state index in [9.17, 15) is 0 Å². The van der Waals surface area contributed by atoms with Crippen LogP contribution >= 0.6 is 39.9 Å². The zero-order valence-corrected chi connectivity index (χ0v) is 18.4. The van der Waals surface area contributed by atoms with Crippen molar-refractivity contribution in [3.8, 4) is 11.5 Å². The van der Waals surface area contributed by atoms with Crippen molar-refractivity contribution >= 4 is 45.9 Å². The van der Waals surface area contributed by atoms with Gasteiger partial charge in [0.2, 0.25) is 6.79 Å². The molecule has 0 saturated carbocycles. The standard InChI is InChI=1S/C17H25BrN4O2.HI/c1-19-17(20-5-8-22-6-3-2-4-7-22)21-11-13-9-14(18)16-15(10-13)23-12-24-16;/h9-10H,2-8,11-12H2,1H3,(H2,19,20,21);1H. The summed E-state index contributed by atoms with van der Waals surface area (Å²) in [6.07, 6.45) is 4.02. The molecule has 0 aliphatic carbocycles. The number of guanidine groups is 1. The predicted octanol–water partition coefficient (Wildman–Crippen LogP) is 2.95. The molecule has 1 aromatic rings. The maximum absolute atomic E-state index is 5.45. The van der Waals surface area contributed by atoms with E-state index >= 15 is 0 Å². The van der Waals surface area contributed by atoms with E-state index in [0.29, 0.717) is 6.54 Å². The van der Waals surface area contributed by atoms with E-state index in [2.05, 4.69) is 36.5 Å². The van der Waals surface area contributed by atoms with Crippen LogP contribution in [-0.2, 0) is 6.54 Å². The summed E-state index contributed by atoms with van der Waals surface area (Å²) in [7, 11) is 1.80. The minimum Gasteiger partial charge on any atom is -0.454 e. The van der Waals surface area contributed by atoms with Crippen molar-refractivity contribution in [2.45, 2.75) is 25.8 Å². The topological polar surface area (TPSA) is 58.1 Å². The molecule has 140 valence electrons. The lowest BCUT2D eigenvalue weighted by Gasteiger charge is -2.26. The first-order valence-corrected chi connectivity index (χ1v) is 9.30. The maximum Gasteiger partial charge on any atom is 0.231 e. The Morgan fingerprint density at radius 2 is 2.00 bits per heavy atom. The van der Waals surface area contributed by atoms with Gasteiger partial charge >= 0.3 is 0 Å². The highest BCUT2D eigenvalue weighted by Gasteiger charge is 2.18. The highest BCUT2D eigenvalue weighted by molar-refractivity contribution is 14.0. The van der Waals surface area contributed by atoms with Crippen LogP contribution in [0.15, 0.2) is 21.6 Å². The summed E-state index contributed by atoms with van der Waals surface area (Å²) in [6, 6.07) is 4.04. The van der Waals surface area contributed by atoms with Crippen LogP contribution in [0, 0.1) is 0 Å². The fourth-order valence-corrected chi connectivity index (χ4v) is 3.65. The Morgan fingerprint density at radius 3 is 2.76 bits per heavy atom. The molecule has 1 aromatic carbocycles. The highest BCUT2D eigenvalue weighted by Crippen LogP contribution is 2.39. The Labute approximate surface area is 174 Å². The van der Waals surface area contributed by atoms with Crippen molar-refractivity contribution in [2.75, 3.05) is 40.0 Å². The van der Waals surface area contributed by atoms with Crippen LogP contribution in [0.4, 0.5) is 0 Å². The Kier molecular flexibility index (Phi) is 8.57. The van der Waals surface area contributed by atoms with Gasteiger partial charge in [-0.1, -0.05) is 6.42 Å². The number of nitrogens with zero attached hydrogens (tertiary/aromatic N) is 2. The second-order valence-corrected chi connectivity index (χ2v) is 6.92. The average molecular weight is 525 g/mol. The van der Waals surface area contributed by atoms with Crippen molar-refractivity contribution in [3.63, 3.8) is 0 Å². The molecule has 0 spiro atoms. The summed E-state index contributed by atoms with van der Waals surface area (Å²) >= 11 is 3.52. The second-order valence-electron chi connectivity index (χ2n) is 6.07. The molecule has 1 saturated heterocycles.